The molecule has 126 valence electrons. The van der Waals surface area contributed by atoms with Crippen molar-refractivity contribution in [2.24, 2.45) is 11.8 Å². The lowest BCUT2D eigenvalue weighted by Gasteiger charge is -2.33. The van der Waals surface area contributed by atoms with Gasteiger partial charge in [0.25, 0.3) is 5.69 Å². The van der Waals surface area contributed by atoms with E-state index in [1.807, 2.05) is 13.8 Å². The summed E-state index contributed by atoms with van der Waals surface area (Å²) in [6.07, 6.45) is 3.43. The van der Waals surface area contributed by atoms with E-state index >= 15 is 0 Å². The molecule has 0 aromatic carbocycles. The van der Waals surface area contributed by atoms with E-state index in [0.717, 1.165) is 31.7 Å². The van der Waals surface area contributed by atoms with Crippen LogP contribution >= 0.6 is 0 Å². The van der Waals surface area contributed by atoms with E-state index < -0.39 is 4.92 Å². The minimum atomic E-state index is -0.410. The predicted molar refractivity (Wildman–Crippen MR) is 88.4 cm³/mol. The molecule has 2 rings (SSSR count). The maximum atomic E-state index is 11.7. The van der Waals surface area contributed by atoms with Gasteiger partial charge in [-0.05, 0) is 31.7 Å². The largest absolute Gasteiger partial charge is 0.356 e. The molecule has 1 atom stereocenters. The molecule has 1 unspecified atom stereocenters. The molecule has 0 spiro atoms. The molecular weight excluding hydrogens is 296 g/mol. The average molecular weight is 320 g/mol. The first kappa shape index (κ1) is 17.2. The second-order valence-electron chi connectivity index (χ2n) is 6.44. The predicted octanol–water partition coefficient (Wildman–Crippen LogP) is 2.29. The summed E-state index contributed by atoms with van der Waals surface area (Å²) in [5.41, 5.74) is 0.668. The van der Waals surface area contributed by atoms with Crippen LogP contribution in [-0.2, 0) is 4.79 Å². The van der Waals surface area contributed by atoms with Gasteiger partial charge in [-0.1, -0.05) is 13.8 Å². The van der Waals surface area contributed by atoms with Crippen molar-refractivity contribution >= 4 is 17.4 Å². The Balaban J connectivity index is 1.99. The van der Waals surface area contributed by atoms with Crippen LogP contribution in [0.1, 0.15) is 32.3 Å². The molecular formula is C16H24N4O3. The summed E-state index contributed by atoms with van der Waals surface area (Å²) in [6.45, 7) is 7.85. The third-order valence-corrected chi connectivity index (χ3v) is 4.20. The number of anilines is 1. The van der Waals surface area contributed by atoms with Crippen LogP contribution in [0.3, 0.4) is 0 Å². The maximum Gasteiger partial charge on any atom is 0.290 e. The molecule has 1 aromatic rings. The highest BCUT2D eigenvalue weighted by molar-refractivity contribution is 5.77. The lowest BCUT2D eigenvalue weighted by molar-refractivity contribution is -0.385. The first-order chi connectivity index (χ1) is 10.9. The van der Waals surface area contributed by atoms with Gasteiger partial charge in [0.05, 0.1) is 4.92 Å². The Labute approximate surface area is 136 Å². The Morgan fingerprint density at radius 1 is 1.57 bits per heavy atom. The number of hydrogen-bond donors (Lipinski definition) is 1. The fraction of sp³-hybridized carbons (Fsp3) is 0.625. The van der Waals surface area contributed by atoms with Crippen molar-refractivity contribution in [1.82, 2.24) is 10.3 Å². The lowest BCUT2D eigenvalue weighted by Crippen LogP contribution is -2.42. The number of nitro groups is 1. The van der Waals surface area contributed by atoms with E-state index in [-0.39, 0.29) is 17.5 Å². The SMILES string of the molecule is Cc1cc(N2CCCC(CNC(=O)C(C)C)C2)ncc1[N+](=O)[O-]. The Morgan fingerprint density at radius 2 is 2.30 bits per heavy atom. The van der Waals surface area contributed by atoms with Gasteiger partial charge in [0, 0.05) is 31.1 Å². The zero-order chi connectivity index (χ0) is 17.0. The molecule has 1 aliphatic rings. The Kier molecular flexibility index (Phi) is 5.52. The van der Waals surface area contributed by atoms with Crippen LogP contribution in [0.2, 0.25) is 0 Å². The molecule has 23 heavy (non-hydrogen) atoms. The fourth-order valence-corrected chi connectivity index (χ4v) is 2.79. The van der Waals surface area contributed by atoms with Gasteiger partial charge in [0.15, 0.2) is 0 Å². The van der Waals surface area contributed by atoms with Crippen LogP contribution in [-0.4, -0.2) is 35.4 Å². The van der Waals surface area contributed by atoms with Crippen molar-refractivity contribution in [3.8, 4) is 0 Å². The van der Waals surface area contributed by atoms with E-state index in [4.69, 9.17) is 0 Å². The quantitative estimate of drug-likeness (QED) is 0.664. The molecule has 0 radical (unpaired) electrons. The molecule has 1 N–H and O–H groups in total. The maximum absolute atomic E-state index is 11.7. The van der Waals surface area contributed by atoms with Crippen LogP contribution in [0.5, 0.6) is 0 Å². The van der Waals surface area contributed by atoms with Crippen molar-refractivity contribution < 1.29 is 9.72 Å². The number of carbonyl (C=O) groups excluding carboxylic acids is 1. The number of piperidine rings is 1. The number of nitrogens with zero attached hydrogens (tertiary/aromatic N) is 3. The molecule has 7 nitrogen and oxygen atoms in total. The number of carbonyl (C=O) groups is 1. The van der Waals surface area contributed by atoms with Crippen LogP contribution < -0.4 is 10.2 Å². The van der Waals surface area contributed by atoms with Crippen LogP contribution in [0.25, 0.3) is 0 Å². The second kappa shape index (κ2) is 7.39. The number of hydrogen-bond acceptors (Lipinski definition) is 5. The average Bonchev–Trinajstić information content (AvgIpc) is 2.52. The molecule has 0 bridgehead atoms. The van der Waals surface area contributed by atoms with Crippen molar-refractivity contribution in [1.29, 1.82) is 0 Å². The van der Waals surface area contributed by atoms with Gasteiger partial charge in [0.2, 0.25) is 5.91 Å². The molecule has 1 aromatic heterocycles. The van der Waals surface area contributed by atoms with Gasteiger partial charge in [-0.15, -0.1) is 0 Å². The number of aromatic nitrogens is 1. The minimum Gasteiger partial charge on any atom is -0.356 e. The van der Waals surface area contributed by atoms with Crippen LogP contribution in [0, 0.1) is 28.9 Å². The number of amides is 1. The summed E-state index contributed by atoms with van der Waals surface area (Å²) in [5, 5.41) is 13.9. The summed E-state index contributed by atoms with van der Waals surface area (Å²) in [4.78, 5) is 28.5. The third-order valence-electron chi connectivity index (χ3n) is 4.20. The van der Waals surface area contributed by atoms with E-state index in [2.05, 4.69) is 15.2 Å². The van der Waals surface area contributed by atoms with Gasteiger partial charge in [-0.2, -0.15) is 0 Å². The van der Waals surface area contributed by atoms with Gasteiger partial charge < -0.3 is 10.2 Å². The molecule has 1 aliphatic heterocycles. The van der Waals surface area contributed by atoms with Crippen molar-refractivity contribution in [3.05, 3.63) is 27.9 Å². The van der Waals surface area contributed by atoms with E-state index in [1.165, 1.54) is 6.20 Å². The minimum absolute atomic E-state index is 0.00585. The van der Waals surface area contributed by atoms with Gasteiger partial charge >= 0.3 is 0 Å². The zero-order valence-corrected chi connectivity index (χ0v) is 13.9. The summed E-state index contributed by atoms with van der Waals surface area (Å²) in [7, 11) is 0. The highest BCUT2D eigenvalue weighted by Crippen LogP contribution is 2.25. The number of rotatable bonds is 5. The van der Waals surface area contributed by atoms with Crippen molar-refractivity contribution in [2.75, 3.05) is 24.5 Å². The second-order valence-corrected chi connectivity index (χ2v) is 6.44. The number of aryl methyl sites for hydroxylation is 1. The van der Waals surface area contributed by atoms with Gasteiger partial charge in [-0.3, -0.25) is 14.9 Å². The van der Waals surface area contributed by atoms with E-state index in [9.17, 15) is 14.9 Å². The first-order valence-electron chi connectivity index (χ1n) is 8.02. The molecule has 7 heteroatoms. The molecule has 1 fully saturated rings. The van der Waals surface area contributed by atoms with E-state index in [0.29, 0.717) is 18.0 Å². The van der Waals surface area contributed by atoms with Crippen molar-refractivity contribution in [3.63, 3.8) is 0 Å². The molecule has 1 amide bonds. The summed E-state index contributed by atoms with van der Waals surface area (Å²) < 4.78 is 0. The zero-order valence-electron chi connectivity index (χ0n) is 13.9. The summed E-state index contributed by atoms with van der Waals surface area (Å²) in [6, 6.07) is 1.77. The van der Waals surface area contributed by atoms with Crippen LogP contribution in [0.15, 0.2) is 12.3 Å². The van der Waals surface area contributed by atoms with E-state index in [1.54, 1.807) is 13.0 Å². The number of pyridine rings is 1. The molecule has 0 saturated carbocycles. The smallest absolute Gasteiger partial charge is 0.290 e. The Morgan fingerprint density at radius 3 is 2.91 bits per heavy atom. The lowest BCUT2D eigenvalue weighted by atomic mass is 9.97. The van der Waals surface area contributed by atoms with Gasteiger partial charge in [-0.25, -0.2) is 4.98 Å². The highest BCUT2D eigenvalue weighted by atomic mass is 16.6. The fourth-order valence-electron chi connectivity index (χ4n) is 2.79. The summed E-state index contributed by atoms with van der Waals surface area (Å²) in [5.74, 6) is 1.22. The Bertz CT molecular complexity index is 589. The topological polar surface area (TPSA) is 88.4 Å². The summed E-state index contributed by atoms with van der Waals surface area (Å²) >= 11 is 0. The highest BCUT2D eigenvalue weighted by Gasteiger charge is 2.23. The Hall–Kier alpha value is -2.18. The molecule has 2 heterocycles. The monoisotopic (exact) mass is 320 g/mol. The molecule has 0 aliphatic carbocycles. The number of nitrogens with one attached hydrogen (secondary N) is 1. The van der Waals surface area contributed by atoms with Crippen molar-refractivity contribution in [2.45, 2.75) is 33.6 Å². The first-order valence-corrected chi connectivity index (χ1v) is 8.02. The molecule has 1 saturated heterocycles. The standard InChI is InChI=1S/C16H24N4O3/c1-11(2)16(21)18-8-13-5-4-6-19(10-13)15-7-12(3)14(9-17-15)20(22)23/h7,9,11,13H,4-6,8,10H2,1-3H3,(H,18,21). The normalized spacial score (nSPS) is 18.1. The van der Waals surface area contributed by atoms with Crippen LogP contribution in [0.4, 0.5) is 11.5 Å². The third kappa shape index (κ3) is 4.40. The van der Waals surface area contributed by atoms with Gasteiger partial charge in [0.1, 0.15) is 12.0 Å².